The Hall–Kier alpha value is -2.30. The Kier molecular flexibility index (Phi) is 5.82. The van der Waals surface area contributed by atoms with Gasteiger partial charge in [-0.25, -0.2) is 4.99 Å². The topological polar surface area (TPSA) is 54.2 Å². The predicted octanol–water partition coefficient (Wildman–Crippen LogP) is 1.95. The molecule has 0 saturated heterocycles. The number of aromatic nitrogens is 2. The van der Waals surface area contributed by atoms with E-state index in [2.05, 4.69) is 58.8 Å². The first-order valence-electron chi connectivity index (χ1n) is 7.33. The minimum absolute atomic E-state index is 0.679. The van der Waals surface area contributed by atoms with Crippen molar-refractivity contribution >= 4 is 5.96 Å². The van der Waals surface area contributed by atoms with Crippen LogP contribution in [0.5, 0.6) is 0 Å². The lowest BCUT2D eigenvalue weighted by Gasteiger charge is -2.11. The first kappa shape index (κ1) is 15.1. The molecule has 1 aromatic carbocycles. The second-order valence-electron chi connectivity index (χ2n) is 4.88. The largest absolute Gasteiger partial charge is 0.357 e. The van der Waals surface area contributed by atoms with Gasteiger partial charge >= 0.3 is 0 Å². The molecule has 2 N–H and O–H groups in total. The number of aliphatic imine (C=N–C) groups is 1. The molecule has 21 heavy (non-hydrogen) atoms. The van der Waals surface area contributed by atoms with E-state index >= 15 is 0 Å². The second kappa shape index (κ2) is 8.09. The van der Waals surface area contributed by atoms with E-state index in [0.29, 0.717) is 6.54 Å². The van der Waals surface area contributed by atoms with Crippen LogP contribution in [-0.4, -0.2) is 28.8 Å². The minimum atomic E-state index is 0.679. The molecule has 0 bridgehead atoms. The van der Waals surface area contributed by atoms with Crippen LogP contribution in [0, 0.1) is 6.92 Å². The summed E-state index contributed by atoms with van der Waals surface area (Å²) >= 11 is 0. The highest BCUT2D eigenvalue weighted by Gasteiger charge is 1.98. The van der Waals surface area contributed by atoms with E-state index in [1.165, 1.54) is 11.1 Å². The Labute approximate surface area is 126 Å². The molecule has 0 amide bonds. The Morgan fingerprint density at radius 3 is 2.90 bits per heavy atom. The van der Waals surface area contributed by atoms with Crippen molar-refractivity contribution in [2.24, 2.45) is 4.99 Å². The van der Waals surface area contributed by atoms with Crippen molar-refractivity contribution in [3.63, 3.8) is 0 Å². The van der Waals surface area contributed by atoms with Gasteiger partial charge in [-0.3, -0.25) is 4.68 Å². The quantitative estimate of drug-likeness (QED) is 0.630. The number of guanidine groups is 1. The zero-order valence-electron chi connectivity index (χ0n) is 12.7. The van der Waals surface area contributed by atoms with Gasteiger partial charge in [0.25, 0.3) is 0 Å². The van der Waals surface area contributed by atoms with Gasteiger partial charge in [0.15, 0.2) is 5.96 Å². The highest BCUT2D eigenvalue weighted by atomic mass is 15.3. The van der Waals surface area contributed by atoms with Gasteiger partial charge in [-0.2, -0.15) is 5.10 Å². The zero-order valence-corrected chi connectivity index (χ0v) is 12.7. The monoisotopic (exact) mass is 285 g/mol. The molecule has 0 aliphatic heterocycles. The third-order valence-corrected chi connectivity index (χ3v) is 3.04. The van der Waals surface area contributed by atoms with E-state index in [1.807, 2.05) is 16.9 Å². The molecule has 2 rings (SSSR count). The van der Waals surface area contributed by atoms with Crippen molar-refractivity contribution in [3.05, 3.63) is 53.9 Å². The van der Waals surface area contributed by atoms with Crippen LogP contribution in [0.15, 0.2) is 47.7 Å². The van der Waals surface area contributed by atoms with E-state index in [-0.39, 0.29) is 0 Å². The molecule has 0 aliphatic rings. The summed E-state index contributed by atoms with van der Waals surface area (Å²) in [5.41, 5.74) is 2.48. The summed E-state index contributed by atoms with van der Waals surface area (Å²) in [7, 11) is 0. The molecule has 1 aromatic heterocycles. The van der Waals surface area contributed by atoms with Crippen molar-refractivity contribution < 1.29 is 0 Å². The Morgan fingerprint density at radius 2 is 2.19 bits per heavy atom. The molecule has 2 aromatic rings. The Bertz CT molecular complexity index is 560. The summed E-state index contributed by atoms with van der Waals surface area (Å²) in [5.74, 6) is 0.839. The van der Waals surface area contributed by atoms with Crippen molar-refractivity contribution in [2.75, 3.05) is 13.1 Å². The van der Waals surface area contributed by atoms with Gasteiger partial charge < -0.3 is 10.6 Å². The summed E-state index contributed by atoms with van der Waals surface area (Å²) in [6.07, 6.45) is 3.75. The van der Waals surface area contributed by atoms with Gasteiger partial charge in [-0.1, -0.05) is 29.8 Å². The normalized spacial score (nSPS) is 11.4. The third-order valence-electron chi connectivity index (χ3n) is 3.04. The van der Waals surface area contributed by atoms with E-state index in [9.17, 15) is 0 Å². The Balaban J connectivity index is 1.86. The maximum absolute atomic E-state index is 4.61. The SMILES string of the molecule is CCNC(=NCc1cccc(C)c1)NCCn1cccn1. The molecular weight excluding hydrogens is 262 g/mol. The standard InChI is InChI=1S/C16H23N5/c1-3-17-16(18-9-11-21-10-5-8-20-21)19-13-15-7-4-6-14(2)12-15/h4-8,10,12H,3,9,11,13H2,1-2H3,(H2,17,18,19). The van der Waals surface area contributed by atoms with Crippen molar-refractivity contribution in [1.82, 2.24) is 20.4 Å². The number of hydrogen-bond acceptors (Lipinski definition) is 2. The fourth-order valence-corrected chi connectivity index (χ4v) is 2.04. The zero-order chi connectivity index (χ0) is 14.9. The molecule has 0 spiro atoms. The lowest BCUT2D eigenvalue weighted by molar-refractivity contribution is 0.598. The summed E-state index contributed by atoms with van der Waals surface area (Å²) < 4.78 is 1.90. The molecule has 0 saturated carbocycles. The molecule has 0 unspecified atom stereocenters. The van der Waals surface area contributed by atoms with E-state index in [0.717, 1.165) is 25.6 Å². The van der Waals surface area contributed by atoms with Crippen LogP contribution in [0.25, 0.3) is 0 Å². The van der Waals surface area contributed by atoms with Crippen LogP contribution in [0.3, 0.4) is 0 Å². The lowest BCUT2D eigenvalue weighted by atomic mass is 10.1. The molecule has 1 heterocycles. The van der Waals surface area contributed by atoms with Crippen LogP contribution < -0.4 is 10.6 Å². The summed E-state index contributed by atoms with van der Waals surface area (Å²) in [5, 5.41) is 10.8. The van der Waals surface area contributed by atoms with Gasteiger partial charge in [0.2, 0.25) is 0 Å². The van der Waals surface area contributed by atoms with Gasteiger partial charge in [-0.05, 0) is 25.5 Å². The summed E-state index contributed by atoms with van der Waals surface area (Å²) in [6.45, 7) is 7.31. The predicted molar refractivity (Wildman–Crippen MR) is 86.2 cm³/mol. The maximum Gasteiger partial charge on any atom is 0.191 e. The molecule has 5 nitrogen and oxygen atoms in total. The van der Waals surface area contributed by atoms with Crippen LogP contribution in [0.2, 0.25) is 0 Å². The number of nitrogens with zero attached hydrogens (tertiary/aromatic N) is 3. The van der Waals surface area contributed by atoms with Crippen LogP contribution >= 0.6 is 0 Å². The number of aryl methyl sites for hydroxylation is 1. The Morgan fingerprint density at radius 1 is 1.29 bits per heavy atom. The summed E-state index contributed by atoms with van der Waals surface area (Å²) in [4.78, 5) is 4.61. The number of rotatable bonds is 6. The highest BCUT2D eigenvalue weighted by Crippen LogP contribution is 2.04. The minimum Gasteiger partial charge on any atom is -0.357 e. The fourth-order valence-electron chi connectivity index (χ4n) is 2.04. The number of hydrogen-bond donors (Lipinski definition) is 2. The molecule has 5 heteroatoms. The van der Waals surface area contributed by atoms with Gasteiger partial charge in [0.1, 0.15) is 0 Å². The molecule has 112 valence electrons. The first-order chi connectivity index (χ1) is 10.3. The van der Waals surface area contributed by atoms with Gasteiger partial charge in [-0.15, -0.1) is 0 Å². The molecular formula is C16H23N5. The lowest BCUT2D eigenvalue weighted by Crippen LogP contribution is -2.38. The van der Waals surface area contributed by atoms with Gasteiger partial charge in [0.05, 0.1) is 13.1 Å². The maximum atomic E-state index is 4.61. The van der Waals surface area contributed by atoms with Crippen LogP contribution in [0.4, 0.5) is 0 Å². The van der Waals surface area contributed by atoms with Crippen molar-refractivity contribution in [2.45, 2.75) is 26.9 Å². The van der Waals surface area contributed by atoms with Crippen molar-refractivity contribution in [1.29, 1.82) is 0 Å². The average molecular weight is 285 g/mol. The first-order valence-corrected chi connectivity index (χ1v) is 7.33. The summed E-state index contributed by atoms with van der Waals surface area (Å²) in [6, 6.07) is 10.4. The molecule has 0 radical (unpaired) electrons. The number of nitrogens with one attached hydrogen (secondary N) is 2. The van der Waals surface area contributed by atoms with E-state index in [1.54, 1.807) is 6.20 Å². The van der Waals surface area contributed by atoms with Gasteiger partial charge in [0, 0.05) is 25.5 Å². The van der Waals surface area contributed by atoms with E-state index < -0.39 is 0 Å². The molecule has 0 fully saturated rings. The van der Waals surface area contributed by atoms with Crippen LogP contribution in [0.1, 0.15) is 18.1 Å². The highest BCUT2D eigenvalue weighted by molar-refractivity contribution is 5.79. The third kappa shape index (κ3) is 5.30. The molecule has 0 atom stereocenters. The smallest absolute Gasteiger partial charge is 0.191 e. The number of benzene rings is 1. The second-order valence-corrected chi connectivity index (χ2v) is 4.88. The fraction of sp³-hybridized carbons (Fsp3) is 0.375. The average Bonchev–Trinajstić information content (AvgIpc) is 2.98. The molecule has 0 aliphatic carbocycles. The van der Waals surface area contributed by atoms with Crippen LogP contribution in [-0.2, 0) is 13.1 Å². The van der Waals surface area contributed by atoms with E-state index in [4.69, 9.17) is 0 Å². The van der Waals surface area contributed by atoms with Crippen molar-refractivity contribution in [3.8, 4) is 0 Å².